The summed E-state index contributed by atoms with van der Waals surface area (Å²) in [7, 11) is 2.17. The Balaban J connectivity index is -0.000000456. The summed E-state index contributed by atoms with van der Waals surface area (Å²) in [4.78, 5) is 3.12. The molecular weight excluding hydrogens is 328 g/mol. The zero-order valence-corrected chi connectivity index (χ0v) is 18.4. The van der Waals surface area contributed by atoms with E-state index in [1.165, 1.54) is 55.3 Å². The molecule has 0 fully saturated rings. The van der Waals surface area contributed by atoms with Crippen molar-refractivity contribution in [3.63, 3.8) is 0 Å². The SMILES string of the molecule is CC.Cc1c(C)c(C)c2c(c1C)c(C)c(C)n2C.[2HH].[2H][2H].[2H][2H].[2H][2H].c1ccc2[nH]ccc2c1. The molecule has 0 aliphatic carbocycles. The number of hydrogen-bond donors (Lipinski definition) is 1. The molecule has 0 atom stereocenters. The average Bonchev–Trinajstić information content (AvgIpc) is 3.45. The lowest BCUT2D eigenvalue weighted by Crippen LogP contribution is -1.97. The quantitative estimate of drug-likeness (QED) is 0.319. The van der Waals surface area contributed by atoms with Gasteiger partial charge in [0.15, 0.2) is 0 Å². The van der Waals surface area contributed by atoms with Crippen LogP contribution >= 0.6 is 0 Å². The molecule has 4 rings (SSSR count). The first-order chi connectivity index (χ1) is 15.8. The molecule has 2 aromatic carbocycles. The highest BCUT2D eigenvalue weighted by Crippen LogP contribution is 2.33. The fraction of sp³-hybridized carbons (Fsp3) is 0.360. The van der Waals surface area contributed by atoms with Crippen LogP contribution in [-0.4, -0.2) is 9.55 Å². The Morgan fingerprint density at radius 2 is 1.37 bits per heavy atom. The van der Waals surface area contributed by atoms with E-state index in [2.05, 4.69) is 76.3 Å². The number of fused-ring (bicyclic) bond motifs is 2. The van der Waals surface area contributed by atoms with Crippen molar-refractivity contribution in [1.29, 1.82) is 0 Å². The van der Waals surface area contributed by atoms with Crippen molar-refractivity contribution in [2.24, 2.45) is 7.05 Å². The minimum absolute atomic E-state index is 0. The van der Waals surface area contributed by atoms with Crippen molar-refractivity contribution in [2.75, 3.05) is 0 Å². The van der Waals surface area contributed by atoms with Crippen LogP contribution in [0.15, 0.2) is 36.5 Å². The summed E-state index contributed by atoms with van der Waals surface area (Å²) >= 11 is 0. The molecule has 0 spiro atoms. The van der Waals surface area contributed by atoms with Crippen LogP contribution in [0.1, 0.15) is 57.7 Å². The Kier molecular flexibility index (Phi) is 5.23. The van der Waals surface area contributed by atoms with Gasteiger partial charge in [0, 0.05) is 40.2 Å². The van der Waals surface area contributed by atoms with Crippen LogP contribution in [0.2, 0.25) is 0 Å². The normalized spacial score (nSPS) is 11.3. The molecule has 0 saturated heterocycles. The predicted octanol–water partition coefficient (Wildman–Crippen LogP) is 8.21. The predicted molar refractivity (Wildman–Crippen MR) is 129 cm³/mol. The first-order valence-corrected chi connectivity index (χ1v) is 9.88. The fourth-order valence-electron chi connectivity index (χ4n) is 3.77. The molecular formula is C25H42N2. The summed E-state index contributed by atoms with van der Waals surface area (Å²) in [5.74, 6) is 0. The lowest BCUT2D eigenvalue weighted by Gasteiger charge is -2.12. The number of nitrogens with zero attached hydrogens (tertiary/aromatic N) is 1. The highest BCUT2D eigenvalue weighted by atomic mass is 14.9. The van der Waals surface area contributed by atoms with Gasteiger partial charge in [0.2, 0.25) is 0 Å². The van der Waals surface area contributed by atoms with Gasteiger partial charge in [0.25, 0.3) is 0 Å². The molecule has 152 valence electrons. The molecule has 0 aliphatic heterocycles. The summed E-state index contributed by atoms with van der Waals surface area (Å²) in [6, 6.07) is 10.3. The summed E-state index contributed by atoms with van der Waals surface area (Å²) in [5, 5.41) is 2.73. The Bertz CT molecular complexity index is 1010. The fourth-order valence-corrected chi connectivity index (χ4v) is 3.77. The second kappa shape index (κ2) is 8.47. The molecule has 2 heteroatoms. The summed E-state index contributed by atoms with van der Waals surface area (Å²) < 4.78 is 32.3. The highest BCUT2D eigenvalue weighted by Gasteiger charge is 2.16. The number of nitrogens with one attached hydrogen (secondary N) is 1. The number of aromatic nitrogens is 2. The van der Waals surface area contributed by atoms with Gasteiger partial charge in [-0.15, -0.1) is 0 Å². The topological polar surface area (TPSA) is 20.7 Å². The maximum atomic E-state index is 5.00. The van der Waals surface area contributed by atoms with E-state index in [0.29, 0.717) is 0 Å². The van der Waals surface area contributed by atoms with Gasteiger partial charge in [-0.05, 0) is 86.9 Å². The summed E-state index contributed by atoms with van der Waals surface area (Å²) in [6.45, 7) is 17.4. The minimum atomic E-state index is 0. The molecule has 0 radical (unpaired) electrons. The lowest BCUT2D eigenvalue weighted by molar-refractivity contribution is 0.905. The van der Waals surface area contributed by atoms with Crippen molar-refractivity contribution in [3.8, 4) is 0 Å². The molecule has 2 aromatic heterocycles. The molecule has 0 saturated carbocycles. The second-order valence-electron chi connectivity index (χ2n) is 7.06. The minimum Gasteiger partial charge on any atom is -0.361 e. The van der Waals surface area contributed by atoms with Crippen molar-refractivity contribution in [1.82, 2.24) is 9.55 Å². The highest BCUT2D eigenvalue weighted by molar-refractivity contribution is 5.92. The maximum Gasteiger partial charge on any atom is 0.0517 e. The molecule has 0 bridgehead atoms. The molecule has 2 heterocycles. The van der Waals surface area contributed by atoms with Crippen LogP contribution in [0.25, 0.3) is 21.8 Å². The Morgan fingerprint density at radius 1 is 0.778 bits per heavy atom. The number of H-pyrrole nitrogens is 1. The van der Waals surface area contributed by atoms with E-state index in [-0.39, 0.29) is 1.43 Å². The van der Waals surface area contributed by atoms with Crippen LogP contribution in [0.4, 0.5) is 0 Å². The molecule has 0 aliphatic rings. The lowest BCUT2D eigenvalue weighted by atomic mass is 9.94. The molecule has 0 amide bonds. The third-order valence-electron chi connectivity index (χ3n) is 5.87. The van der Waals surface area contributed by atoms with Crippen molar-refractivity contribution in [2.45, 2.75) is 55.4 Å². The molecule has 1 N–H and O–H groups in total. The Labute approximate surface area is 175 Å². The second-order valence-corrected chi connectivity index (χ2v) is 7.06. The number of rotatable bonds is 0. The monoisotopic (exact) mass is 377 g/mol. The van der Waals surface area contributed by atoms with Gasteiger partial charge in [-0.25, -0.2) is 0 Å². The molecule has 0 unspecified atom stereocenters. The number of para-hydroxylation sites is 1. The Hall–Kier alpha value is -2.48. The van der Waals surface area contributed by atoms with E-state index < -0.39 is 0 Å². The van der Waals surface area contributed by atoms with Crippen molar-refractivity contribution < 1.29 is 10.3 Å². The van der Waals surface area contributed by atoms with Gasteiger partial charge in [0.1, 0.15) is 0 Å². The standard InChI is InChI=1S/C15H21N.C8H7N.C2H6.4H2/c1-8-9(2)11(4)15-14(10(8)3)12(5)13(6)16(15)7;1-2-4-8-7(3-1)5-6-9-8;1-2;;;;/h1-7H3;1-6,9H;1-2H3;4*1H/i;;;3*1+1D;1+1. The van der Waals surface area contributed by atoms with Gasteiger partial charge in [-0.1, -0.05) is 32.0 Å². The third kappa shape index (κ3) is 3.66. The smallest absolute Gasteiger partial charge is 0.0517 e. The van der Waals surface area contributed by atoms with E-state index >= 15 is 0 Å². The van der Waals surface area contributed by atoms with Crippen molar-refractivity contribution in [3.05, 3.63) is 70.0 Å². The first-order valence-electron chi connectivity index (χ1n) is 12.9. The van der Waals surface area contributed by atoms with Gasteiger partial charge >= 0.3 is 0 Å². The summed E-state index contributed by atoms with van der Waals surface area (Å²) in [6.07, 6.45) is 1.95. The zero-order valence-electron chi connectivity index (χ0n) is 24.4. The van der Waals surface area contributed by atoms with Gasteiger partial charge in [0.05, 0.1) is 5.52 Å². The van der Waals surface area contributed by atoms with Crippen LogP contribution < -0.4 is 0 Å². The number of hydrogen-bond acceptors (Lipinski definition) is 0. The van der Waals surface area contributed by atoms with Crippen LogP contribution in [0, 0.1) is 41.5 Å². The third-order valence-corrected chi connectivity index (χ3v) is 5.87. The number of aryl methyl sites for hydroxylation is 4. The van der Waals surface area contributed by atoms with E-state index in [0.717, 1.165) is 0 Å². The van der Waals surface area contributed by atoms with Crippen molar-refractivity contribution >= 4 is 21.8 Å². The Morgan fingerprint density at radius 3 is 2.00 bits per heavy atom. The van der Waals surface area contributed by atoms with Crippen LogP contribution in [0.3, 0.4) is 0 Å². The van der Waals surface area contributed by atoms with E-state index in [1.54, 1.807) is 0 Å². The molecule has 2 nitrogen and oxygen atoms in total. The maximum absolute atomic E-state index is 5.00. The zero-order chi connectivity index (χ0) is 26.3. The molecule has 4 aromatic rings. The first kappa shape index (κ1) is 16.7. The average molecular weight is 378 g/mol. The van der Waals surface area contributed by atoms with Crippen LogP contribution in [-0.2, 0) is 7.05 Å². The van der Waals surface area contributed by atoms with E-state index in [9.17, 15) is 0 Å². The largest absolute Gasteiger partial charge is 0.361 e. The van der Waals surface area contributed by atoms with E-state index in [1.807, 2.05) is 32.2 Å². The van der Waals surface area contributed by atoms with E-state index in [4.69, 9.17) is 8.91 Å². The van der Waals surface area contributed by atoms with Crippen LogP contribution in [0.5, 0.6) is 0 Å². The van der Waals surface area contributed by atoms with Gasteiger partial charge in [-0.3, -0.25) is 0 Å². The number of benzene rings is 2. The van der Waals surface area contributed by atoms with Gasteiger partial charge in [-0.2, -0.15) is 0 Å². The summed E-state index contributed by atoms with van der Waals surface area (Å²) in [5.41, 5.74) is 11.2. The van der Waals surface area contributed by atoms with Gasteiger partial charge < -0.3 is 9.55 Å². The number of aromatic amines is 1. The molecule has 27 heavy (non-hydrogen) atoms.